The molecular weight excluding hydrogens is 444 g/mol. The van der Waals surface area contributed by atoms with Gasteiger partial charge in [-0.25, -0.2) is 19.4 Å². The molecule has 0 radical (unpaired) electrons. The van der Waals surface area contributed by atoms with Crippen molar-refractivity contribution in [3.05, 3.63) is 77.3 Å². The number of aromatic nitrogens is 4. The number of aryl methyl sites for hydroxylation is 2. The molecule has 0 spiro atoms. The summed E-state index contributed by atoms with van der Waals surface area (Å²) >= 11 is 6.00. The highest BCUT2D eigenvalue weighted by Gasteiger charge is 2.10. The molecule has 2 aromatic carbocycles. The number of halogens is 1. The van der Waals surface area contributed by atoms with Crippen LogP contribution in [-0.2, 0) is 0 Å². The number of rotatable bonds is 6. The third-order valence-electron chi connectivity index (χ3n) is 4.60. The van der Waals surface area contributed by atoms with Crippen LogP contribution in [0.1, 0.15) is 11.4 Å². The predicted molar refractivity (Wildman–Crippen MR) is 126 cm³/mol. The summed E-state index contributed by atoms with van der Waals surface area (Å²) in [7, 11) is 1.52. The number of urea groups is 1. The zero-order valence-corrected chi connectivity index (χ0v) is 18.9. The largest absolute Gasteiger partial charge is 0.495 e. The zero-order chi connectivity index (χ0) is 23.4. The molecule has 0 saturated heterocycles. The van der Waals surface area contributed by atoms with Crippen LogP contribution in [0.5, 0.6) is 17.4 Å². The van der Waals surface area contributed by atoms with Gasteiger partial charge in [0.15, 0.2) is 5.82 Å². The van der Waals surface area contributed by atoms with E-state index in [0.717, 1.165) is 11.4 Å². The Balaban J connectivity index is 1.41. The highest BCUT2D eigenvalue weighted by atomic mass is 35.5. The Bertz CT molecular complexity index is 1290. The van der Waals surface area contributed by atoms with Crippen molar-refractivity contribution >= 4 is 29.0 Å². The summed E-state index contributed by atoms with van der Waals surface area (Å²) in [6.45, 7) is 3.87. The quantitative estimate of drug-likeness (QED) is 0.397. The van der Waals surface area contributed by atoms with E-state index in [1.165, 1.54) is 13.4 Å². The molecule has 2 N–H and O–H groups in total. The van der Waals surface area contributed by atoms with Crippen LogP contribution in [-0.4, -0.2) is 32.9 Å². The van der Waals surface area contributed by atoms with Crippen molar-refractivity contribution in [1.29, 1.82) is 0 Å². The van der Waals surface area contributed by atoms with E-state index >= 15 is 0 Å². The van der Waals surface area contributed by atoms with Crippen molar-refractivity contribution < 1.29 is 14.3 Å². The average molecular weight is 465 g/mol. The summed E-state index contributed by atoms with van der Waals surface area (Å²) in [5.74, 6) is 2.04. The second kappa shape index (κ2) is 9.58. The molecule has 0 aliphatic carbocycles. The first-order chi connectivity index (χ1) is 15.9. The lowest BCUT2D eigenvalue weighted by Gasteiger charge is -2.12. The Kier molecular flexibility index (Phi) is 6.41. The molecule has 9 nitrogen and oxygen atoms in total. The number of hydrogen-bond acceptors (Lipinski definition) is 6. The maximum atomic E-state index is 12.4. The number of carbonyl (C=O) groups is 1. The van der Waals surface area contributed by atoms with Crippen LogP contribution in [0.15, 0.2) is 60.9 Å². The summed E-state index contributed by atoms with van der Waals surface area (Å²) in [4.78, 5) is 20.8. The third-order valence-corrected chi connectivity index (χ3v) is 4.83. The number of nitrogens with one attached hydrogen (secondary N) is 2. The number of amides is 2. The van der Waals surface area contributed by atoms with Crippen LogP contribution >= 0.6 is 11.6 Å². The van der Waals surface area contributed by atoms with E-state index in [2.05, 4.69) is 25.7 Å². The van der Waals surface area contributed by atoms with E-state index in [4.69, 9.17) is 21.1 Å². The van der Waals surface area contributed by atoms with E-state index in [0.29, 0.717) is 39.6 Å². The maximum Gasteiger partial charge on any atom is 0.323 e. The fraction of sp³-hybridized carbons (Fsp3) is 0.130. The molecular formula is C23H21ClN6O3. The lowest BCUT2D eigenvalue weighted by Crippen LogP contribution is -2.19. The minimum Gasteiger partial charge on any atom is -0.495 e. The van der Waals surface area contributed by atoms with Gasteiger partial charge < -0.3 is 20.1 Å². The van der Waals surface area contributed by atoms with Crippen LogP contribution in [0, 0.1) is 13.8 Å². The molecule has 2 heterocycles. The van der Waals surface area contributed by atoms with Crippen LogP contribution in [0.3, 0.4) is 0 Å². The van der Waals surface area contributed by atoms with Gasteiger partial charge >= 0.3 is 6.03 Å². The Hall–Kier alpha value is -4.11. The average Bonchev–Trinajstić information content (AvgIpc) is 3.13. The van der Waals surface area contributed by atoms with Gasteiger partial charge in [-0.1, -0.05) is 11.6 Å². The number of hydrogen-bond donors (Lipinski definition) is 2. The van der Waals surface area contributed by atoms with Crippen molar-refractivity contribution in [3.63, 3.8) is 0 Å². The number of ether oxygens (including phenoxy) is 2. The molecule has 0 saturated carbocycles. The van der Waals surface area contributed by atoms with Gasteiger partial charge in [0.2, 0.25) is 5.88 Å². The minimum absolute atomic E-state index is 0.374. The summed E-state index contributed by atoms with van der Waals surface area (Å²) in [5.41, 5.74) is 2.90. The second-order valence-electron chi connectivity index (χ2n) is 7.10. The molecule has 0 fully saturated rings. The van der Waals surface area contributed by atoms with Gasteiger partial charge in [0.25, 0.3) is 0 Å². The maximum absolute atomic E-state index is 12.4. The van der Waals surface area contributed by atoms with Crippen molar-refractivity contribution in [3.8, 4) is 23.2 Å². The van der Waals surface area contributed by atoms with Crippen molar-refractivity contribution in [2.24, 2.45) is 0 Å². The zero-order valence-electron chi connectivity index (χ0n) is 18.2. The highest BCUT2D eigenvalue weighted by molar-refractivity contribution is 6.31. The van der Waals surface area contributed by atoms with Gasteiger partial charge in [-0.05, 0) is 62.4 Å². The Morgan fingerprint density at radius 2 is 1.79 bits per heavy atom. The predicted octanol–water partition coefficient (Wildman–Crippen LogP) is 5.38. The Morgan fingerprint density at radius 3 is 2.48 bits per heavy atom. The molecule has 0 aliphatic heterocycles. The fourth-order valence-electron chi connectivity index (χ4n) is 3.15. The van der Waals surface area contributed by atoms with Gasteiger partial charge in [-0.15, -0.1) is 0 Å². The number of nitrogens with zero attached hydrogens (tertiary/aromatic N) is 4. The molecule has 10 heteroatoms. The van der Waals surface area contributed by atoms with Gasteiger partial charge in [0.1, 0.15) is 17.8 Å². The Labute approximate surface area is 195 Å². The molecule has 0 aliphatic rings. The molecule has 0 bridgehead atoms. The molecule has 4 aromatic rings. The van der Waals surface area contributed by atoms with Gasteiger partial charge in [0, 0.05) is 22.5 Å². The van der Waals surface area contributed by atoms with E-state index in [1.807, 2.05) is 19.9 Å². The summed E-state index contributed by atoms with van der Waals surface area (Å²) in [6.07, 6.45) is 1.42. The number of carbonyl (C=O) groups excluding carboxylic acids is 1. The summed E-state index contributed by atoms with van der Waals surface area (Å²) < 4.78 is 12.8. The topological polar surface area (TPSA) is 103 Å². The van der Waals surface area contributed by atoms with Crippen molar-refractivity contribution in [2.75, 3.05) is 17.7 Å². The molecule has 0 unspecified atom stereocenters. The van der Waals surface area contributed by atoms with Crippen LogP contribution in [0.2, 0.25) is 5.02 Å². The molecule has 0 atom stereocenters. The third kappa shape index (κ3) is 5.39. The summed E-state index contributed by atoms with van der Waals surface area (Å²) in [5, 5.41) is 10.4. The number of benzene rings is 2. The van der Waals surface area contributed by atoms with Crippen LogP contribution in [0.25, 0.3) is 5.82 Å². The summed E-state index contributed by atoms with van der Waals surface area (Å²) in [6, 6.07) is 15.1. The van der Waals surface area contributed by atoms with Gasteiger partial charge in [0.05, 0.1) is 18.5 Å². The molecule has 168 valence electrons. The van der Waals surface area contributed by atoms with E-state index < -0.39 is 6.03 Å². The van der Waals surface area contributed by atoms with Crippen molar-refractivity contribution in [1.82, 2.24) is 19.7 Å². The lowest BCUT2D eigenvalue weighted by molar-refractivity contribution is 0.262. The first kappa shape index (κ1) is 22.1. The molecule has 4 rings (SSSR count). The van der Waals surface area contributed by atoms with E-state index in [1.54, 1.807) is 53.2 Å². The molecule has 33 heavy (non-hydrogen) atoms. The fourth-order valence-corrected chi connectivity index (χ4v) is 3.32. The smallest absolute Gasteiger partial charge is 0.323 e. The molecule has 2 amide bonds. The second-order valence-corrected chi connectivity index (χ2v) is 7.54. The first-order valence-electron chi connectivity index (χ1n) is 9.96. The van der Waals surface area contributed by atoms with Gasteiger partial charge in [-0.2, -0.15) is 5.10 Å². The number of anilines is 2. The van der Waals surface area contributed by atoms with Crippen LogP contribution in [0.4, 0.5) is 16.2 Å². The Morgan fingerprint density at radius 1 is 1.00 bits per heavy atom. The van der Waals surface area contributed by atoms with E-state index in [-0.39, 0.29) is 0 Å². The van der Waals surface area contributed by atoms with E-state index in [9.17, 15) is 4.79 Å². The van der Waals surface area contributed by atoms with Gasteiger partial charge in [-0.3, -0.25) is 0 Å². The highest BCUT2D eigenvalue weighted by Crippen LogP contribution is 2.28. The standard InChI is InChI=1S/C23H21ClN6O3/c1-14-10-15(2)30(29-14)21-12-22(26-13-25-21)33-18-7-5-17(6-8-18)27-23(31)28-19-11-16(24)4-9-20(19)32-3/h4-13H,1-3H3,(H2,27,28,31). The SMILES string of the molecule is COc1ccc(Cl)cc1NC(=O)Nc1ccc(Oc2cc(-n3nc(C)cc3C)ncn2)cc1. The minimum atomic E-state index is -0.436. The monoisotopic (exact) mass is 464 g/mol. The first-order valence-corrected chi connectivity index (χ1v) is 10.3. The lowest BCUT2D eigenvalue weighted by atomic mass is 10.3. The molecule has 2 aromatic heterocycles. The normalized spacial score (nSPS) is 10.5. The van der Waals surface area contributed by atoms with Crippen molar-refractivity contribution in [2.45, 2.75) is 13.8 Å². The number of methoxy groups -OCH3 is 1. The van der Waals surface area contributed by atoms with Crippen LogP contribution < -0.4 is 20.1 Å².